The summed E-state index contributed by atoms with van der Waals surface area (Å²) in [6, 6.07) is 12.5. The number of hydrogen-bond acceptors (Lipinski definition) is 5. The lowest BCUT2D eigenvalue weighted by Crippen LogP contribution is -2.19. The smallest absolute Gasteiger partial charge is 0.337 e. The molecule has 3 aromatic rings. The monoisotopic (exact) mass is 352 g/mol. The molecule has 0 aliphatic heterocycles. The van der Waals surface area contributed by atoms with E-state index in [2.05, 4.69) is 10.6 Å². The molecule has 26 heavy (non-hydrogen) atoms. The third kappa shape index (κ3) is 3.41. The van der Waals surface area contributed by atoms with E-state index in [9.17, 15) is 14.4 Å². The van der Waals surface area contributed by atoms with Gasteiger partial charge in [-0.2, -0.15) is 0 Å². The summed E-state index contributed by atoms with van der Waals surface area (Å²) in [6.07, 6.45) is 0. The van der Waals surface area contributed by atoms with Gasteiger partial charge in [0.25, 0.3) is 11.8 Å². The van der Waals surface area contributed by atoms with Gasteiger partial charge < -0.3 is 19.8 Å². The Labute approximate surface area is 148 Å². The highest BCUT2D eigenvalue weighted by molar-refractivity contribution is 6.12. The van der Waals surface area contributed by atoms with E-state index in [4.69, 9.17) is 9.15 Å². The molecule has 0 fully saturated rings. The quantitative estimate of drug-likeness (QED) is 0.703. The Morgan fingerprint density at radius 1 is 1.04 bits per heavy atom. The van der Waals surface area contributed by atoms with Crippen molar-refractivity contribution < 1.29 is 18.7 Å². The average molecular weight is 352 g/mol. The van der Waals surface area contributed by atoms with Crippen LogP contribution in [-0.2, 0) is 0 Å². The number of methoxy groups -OCH3 is 1. The largest absolute Gasteiger partial charge is 0.497 e. The van der Waals surface area contributed by atoms with Crippen LogP contribution in [0.1, 0.15) is 20.7 Å². The molecule has 0 aliphatic rings. The first kappa shape index (κ1) is 17.2. The number of ether oxygens (including phenoxy) is 1. The molecule has 2 N–H and O–H groups in total. The molecule has 0 saturated heterocycles. The normalized spacial score (nSPS) is 10.4. The van der Waals surface area contributed by atoms with Crippen LogP contribution in [0.15, 0.2) is 57.7 Å². The van der Waals surface area contributed by atoms with Crippen LogP contribution in [0.5, 0.6) is 5.75 Å². The molecular weight excluding hydrogens is 336 g/mol. The average Bonchev–Trinajstić information content (AvgIpc) is 2.66. The van der Waals surface area contributed by atoms with Crippen molar-refractivity contribution in [1.82, 2.24) is 5.32 Å². The Bertz CT molecular complexity index is 1060. The molecule has 0 spiro atoms. The number of carbonyl (C=O) groups excluding carboxylic acids is 2. The molecule has 3 rings (SSSR count). The summed E-state index contributed by atoms with van der Waals surface area (Å²) < 4.78 is 10.2. The standard InChI is InChI=1S/C19H16N2O5/c1-20-18(23)11-4-3-5-12(8-11)21-19(24)15-10-17(22)26-16-9-13(25-2)6-7-14(15)16/h3-10H,1-2H3,(H,20,23)(H,21,24). The molecule has 1 heterocycles. The van der Waals surface area contributed by atoms with E-state index in [1.165, 1.54) is 14.2 Å². The van der Waals surface area contributed by atoms with Gasteiger partial charge in [-0.05, 0) is 30.3 Å². The van der Waals surface area contributed by atoms with Crippen LogP contribution in [0.2, 0.25) is 0 Å². The number of anilines is 1. The molecule has 7 nitrogen and oxygen atoms in total. The van der Waals surface area contributed by atoms with Crippen molar-refractivity contribution >= 4 is 28.5 Å². The van der Waals surface area contributed by atoms with Crippen LogP contribution in [0.25, 0.3) is 11.0 Å². The number of nitrogens with one attached hydrogen (secondary N) is 2. The second-order valence-electron chi connectivity index (χ2n) is 5.46. The molecule has 2 aromatic carbocycles. The van der Waals surface area contributed by atoms with E-state index < -0.39 is 11.5 Å². The summed E-state index contributed by atoms with van der Waals surface area (Å²) in [4.78, 5) is 36.2. The highest BCUT2D eigenvalue weighted by Crippen LogP contribution is 2.23. The van der Waals surface area contributed by atoms with Gasteiger partial charge in [0.15, 0.2) is 0 Å². The van der Waals surface area contributed by atoms with Crippen molar-refractivity contribution in [3.05, 3.63) is 70.1 Å². The van der Waals surface area contributed by atoms with Gasteiger partial charge in [0.2, 0.25) is 0 Å². The van der Waals surface area contributed by atoms with Gasteiger partial charge in [0.1, 0.15) is 11.3 Å². The highest BCUT2D eigenvalue weighted by atomic mass is 16.5. The molecule has 0 bridgehead atoms. The summed E-state index contributed by atoms with van der Waals surface area (Å²) in [5.41, 5.74) is 0.624. The minimum absolute atomic E-state index is 0.171. The maximum absolute atomic E-state index is 12.7. The van der Waals surface area contributed by atoms with Gasteiger partial charge in [-0.15, -0.1) is 0 Å². The third-order valence-electron chi connectivity index (χ3n) is 3.81. The predicted octanol–water partition coefficient (Wildman–Crippen LogP) is 2.41. The van der Waals surface area contributed by atoms with Crippen LogP contribution in [0.3, 0.4) is 0 Å². The molecule has 132 valence electrons. The summed E-state index contributed by atoms with van der Waals surface area (Å²) in [7, 11) is 3.02. The zero-order valence-electron chi connectivity index (χ0n) is 14.2. The van der Waals surface area contributed by atoms with E-state index in [0.29, 0.717) is 22.4 Å². The first-order valence-corrected chi connectivity index (χ1v) is 7.77. The molecule has 1 aromatic heterocycles. The summed E-state index contributed by atoms with van der Waals surface area (Å²) in [5, 5.41) is 5.69. The fourth-order valence-electron chi connectivity index (χ4n) is 2.54. The number of fused-ring (bicyclic) bond motifs is 1. The zero-order valence-corrected chi connectivity index (χ0v) is 14.2. The van der Waals surface area contributed by atoms with Crippen LogP contribution in [-0.4, -0.2) is 26.0 Å². The van der Waals surface area contributed by atoms with E-state index >= 15 is 0 Å². The Balaban J connectivity index is 1.98. The number of carbonyl (C=O) groups is 2. The number of rotatable bonds is 4. The fourth-order valence-corrected chi connectivity index (χ4v) is 2.54. The molecular formula is C19H16N2O5. The lowest BCUT2D eigenvalue weighted by Gasteiger charge is -2.09. The number of hydrogen-bond donors (Lipinski definition) is 2. The van der Waals surface area contributed by atoms with Crippen LogP contribution >= 0.6 is 0 Å². The second-order valence-corrected chi connectivity index (χ2v) is 5.46. The summed E-state index contributed by atoms with van der Waals surface area (Å²) >= 11 is 0. The van der Waals surface area contributed by atoms with Crippen molar-refractivity contribution in [2.45, 2.75) is 0 Å². The van der Waals surface area contributed by atoms with Gasteiger partial charge in [0.05, 0.1) is 12.7 Å². The Morgan fingerprint density at radius 3 is 2.58 bits per heavy atom. The van der Waals surface area contributed by atoms with Crippen molar-refractivity contribution in [3.8, 4) is 5.75 Å². The Morgan fingerprint density at radius 2 is 1.85 bits per heavy atom. The predicted molar refractivity (Wildman–Crippen MR) is 96.8 cm³/mol. The topological polar surface area (TPSA) is 97.6 Å². The summed E-state index contributed by atoms with van der Waals surface area (Å²) in [5.74, 6) is -0.238. The van der Waals surface area contributed by atoms with Crippen molar-refractivity contribution in [2.75, 3.05) is 19.5 Å². The van der Waals surface area contributed by atoms with E-state index in [-0.39, 0.29) is 17.1 Å². The summed E-state index contributed by atoms with van der Waals surface area (Å²) in [6.45, 7) is 0. The molecule has 0 saturated carbocycles. The second kappa shape index (κ2) is 7.10. The van der Waals surface area contributed by atoms with Crippen molar-refractivity contribution in [2.24, 2.45) is 0 Å². The molecule has 7 heteroatoms. The first-order valence-electron chi connectivity index (χ1n) is 7.77. The van der Waals surface area contributed by atoms with Crippen LogP contribution in [0.4, 0.5) is 5.69 Å². The lowest BCUT2D eigenvalue weighted by molar-refractivity contribution is 0.0961. The van der Waals surface area contributed by atoms with E-state index in [0.717, 1.165) is 6.07 Å². The van der Waals surface area contributed by atoms with Crippen molar-refractivity contribution in [1.29, 1.82) is 0 Å². The van der Waals surface area contributed by atoms with Gasteiger partial charge in [0, 0.05) is 35.8 Å². The zero-order chi connectivity index (χ0) is 18.7. The molecule has 2 amide bonds. The van der Waals surface area contributed by atoms with E-state index in [1.54, 1.807) is 42.5 Å². The molecule has 0 radical (unpaired) electrons. The maximum Gasteiger partial charge on any atom is 0.337 e. The Hall–Kier alpha value is -3.61. The third-order valence-corrected chi connectivity index (χ3v) is 3.81. The fraction of sp³-hybridized carbons (Fsp3) is 0.105. The van der Waals surface area contributed by atoms with Gasteiger partial charge in [-0.1, -0.05) is 6.07 Å². The van der Waals surface area contributed by atoms with Crippen LogP contribution < -0.4 is 21.0 Å². The minimum Gasteiger partial charge on any atom is -0.497 e. The Kier molecular flexibility index (Phi) is 4.70. The molecule has 0 unspecified atom stereocenters. The minimum atomic E-state index is -0.644. The highest BCUT2D eigenvalue weighted by Gasteiger charge is 2.15. The maximum atomic E-state index is 12.7. The SMILES string of the molecule is CNC(=O)c1cccc(NC(=O)c2cc(=O)oc3cc(OC)ccc23)c1. The number of benzene rings is 2. The molecule has 0 aliphatic carbocycles. The lowest BCUT2D eigenvalue weighted by atomic mass is 10.1. The number of amides is 2. The van der Waals surface area contributed by atoms with Gasteiger partial charge in [-0.25, -0.2) is 4.79 Å². The van der Waals surface area contributed by atoms with Crippen LogP contribution in [0, 0.1) is 0 Å². The first-order chi connectivity index (χ1) is 12.5. The van der Waals surface area contributed by atoms with E-state index in [1.807, 2.05) is 0 Å². The van der Waals surface area contributed by atoms with Gasteiger partial charge in [-0.3, -0.25) is 9.59 Å². The molecule has 0 atom stereocenters. The van der Waals surface area contributed by atoms with Crippen molar-refractivity contribution in [3.63, 3.8) is 0 Å². The van der Waals surface area contributed by atoms with Gasteiger partial charge >= 0.3 is 5.63 Å².